The molecule has 0 aliphatic rings. The summed E-state index contributed by atoms with van der Waals surface area (Å²) in [7, 11) is 0. The number of aromatic nitrogens is 5. The molecule has 3 heterocycles. The summed E-state index contributed by atoms with van der Waals surface area (Å²) in [6.07, 6.45) is 1.42. The van der Waals surface area contributed by atoms with Gasteiger partial charge >= 0.3 is 5.69 Å². The highest BCUT2D eigenvalue weighted by Crippen LogP contribution is 2.32. The van der Waals surface area contributed by atoms with Crippen LogP contribution >= 0.6 is 11.3 Å². The van der Waals surface area contributed by atoms with E-state index in [-0.39, 0.29) is 27.6 Å². The minimum absolute atomic E-state index is 0.128. The summed E-state index contributed by atoms with van der Waals surface area (Å²) in [5, 5.41) is 32.7. The first-order chi connectivity index (χ1) is 17.3. The summed E-state index contributed by atoms with van der Waals surface area (Å²) in [5.74, 6) is -1.58. The van der Waals surface area contributed by atoms with Crippen molar-refractivity contribution in [2.75, 3.05) is 0 Å². The first kappa shape index (κ1) is 26.2. The van der Waals surface area contributed by atoms with Crippen molar-refractivity contribution in [2.24, 2.45) is 0 Å². The number of phenolic OH excluding ortho intramolecular Hbond substituents is 1. The van der Waals surface area contributed by atoms with Crippen molar-refractivity contribution < 1.29 is 19.4 Å². The lowest BCUT2D eigenvalue weighted by atomic mass is 10.0. The number of carbonyl (C=O) groups is 1. The third-order valence-corrected chi connectivity index (χ3v) is 7.31. The van der Waals surface area contributed by atoms with Crippen LogP contribution in [0.3, 0.4) is 0 Å². The number of carbonyl (C=O) groups excluding carboxylic acids is 1. The van der Waals surface area contributed by atoms with Crippen LogP contribution < -0.4 is 16.6 Å². The zero-order chi connectivity index (χ0) is 27.2. The minimum Gasteiger partial charge on any atom is -0.508 e. The molecule has 4 rings (SSSR count). The Balaban J connectivity index is 2.01. The maximum Gasteiger partial charge on any atom is 0.333 e. The molecule has 0 fully saturated rings. The average Bonchev–Trinajstić information content (AvgIpc) is 3.45. The molecule has 1 aromatic carbocycles. The lowest BCUT2D eigenvalue weighted by molar-refractivity contribution is -0.129. The molecule has 0 saturated heterocycles. The summed E-state index contributed by atoms with van der Waals surface area (Å²) in [4.78, 5) is 42.2. The molecule has 13 heteroatoms. The summed E-state index contributed by atoms with van der Waals surface area (Å²) < 4.78 is 15.9. The molecule has 37 heavy (non-hydrogen) atoms. The standard InChI is InChI=1S/C24H27FN6O5S/c1-12(2)28-22(35)24(4,5)30-19(34)18-13(3)20(31-26-8-9-27-31)37-21(18)29(23(30)36)11-17(33)15-10-14(25)6-7-16(15)32/h6-10,12,17,32-33H,11H2,1-5H3,(H,28,35)/t17-/m0/s1. The zero-order valence-corrected chi connectivity index (χ0v) is 21.7. The summed E-state index contributed by atoms with van der Waals surface area (Å²) in [6.45, 7) is 7.67. The Bertz CT molecular complexity index is 1600. The highest BCUT2D eigenvalue weighted by molar-refractivity contribution is 7.21. The van der Waals surface area contributed by atoms with Crippen LogP contribution in [0.2, 0.25) is 0 Å². The van der Waals surface area contributed by atoms with Gasteiger partial charge in [-0.3, -0.25) is 14.2 Å². The third kappa shape index (κ3) is 4.55. The van der Waals surface area contributed by atoms with Gasteiger partial charge in [-0.2, -0.15) is 10.2 Å². The van der Waals surface area contributed by atoms with Crippen LogP contribution in [0.4, 0.5) is 4.39 Å². The highest BCUT2D eigenvalue weighted by atomic mass is 32.1. The Kier molecular flexibility index (Phi) is 6.78. The monoisotopic (exact) mass is 530 g/mol. The second-order valence-electron chi connectivity index (χ2n) is 9.47. The Labute approximate surface area is 214 Å². The topological polar surface area (TPSA) is 144 Å². The lowest BCUT2D eigenvalue weighted by Gasteiger charge is -2.28. The molecule has 11 nitrogen and oxygen atoms in total. The fourth-order valence-corrected chi connectivity index (χ4v) is 5.32. The van der Waals surface area contributed by atoms with Crippen LogP contribution in [0, 0.1) is 12.7 Å². The Hall–Kier alpha value is -3.84. The number of aromatic hydroxyl groups is 1. The van der Waals surface area contributed by atoms with Crippen molar-refractivity contribution in [3.8, 4) is 10.8 Å². The normalized spacial score (nSPS) is 12.9. The first-order valence-corrected chi connectivity index (χ1v) is 12.3. The molecule has 0 unspecified atom stereocenters. The summed E-state index contributed by atoms with van der Waals surface area (Å²) >= 11 is 1.06. The predicted molar refractivity (Wildman–Crippen MR) is 136 cm³/mol. The Morgan fingerprint density at radius 2 is 1.86 bits per heavy atom. The van der Waals surface area contributed by atoms with E-state index in [1.165, 1.54) is 31.0 Å². The number of hydrogen-bond donors (Lipinski definition) is 3. The molecule has 0 spiro atoms. The summed E-state index contributed by atoms with van der Waals surface area (Å²) in [6, 6.07) is 2.87. The van der Waals surface area contributed by atoms with Gasteiger partial charge in [0.1, 0.15) is 33.0 Å². The second-order valence-corrected chi connectivity index (χ2v) is 10.4. The van der Waals surface area contributed by atoms with Crippen LogP contribution in [0.1, 0.15) is 44.9 Å². The van der Waals surface area contributed by atoms with Crippen molar-refractivity contribution in [2.45, 2.75) is 58.8 Å². The van der Waals surface area contributed by atoms with E-state index >= 15 is 0 Å². The number of hydrogen-bond acceptors (Lipinski definition) is 8. The minimum atomic E-state index is -1.60. The van der Waals surface area contributed by atoms with E-state index in [0.29, 0.717) is 10.6 Å². The van der Waals surface area contributed by atoms with Crippen LogP contribution in [-0.4, -0.2) is 46.3 Å². The maximum absolute atomic E-state index is 13.9. The molecule has 1 atom stereocenters. The Morgan fingerprint density at radius 1 is 1.22 bits per heavy atom. The van der Waals surface area contributed by atoms with Gasteiger partial charge in [0, 0.05) is 17.2 Å². The first-order valence-electron chi connectivity index (χ1n) is 11.5. The number of thiophene rings is 1. The van der Waals surface area contributed by atoms with Gasteiger partial charge in [-0.1, -0.05) is 11.3 Å². The molecule has 1 amide bonds. The molecule has 0 aliphatic heterocycles. The van der Waals surface area contributed by atoms with Gasteiger partial charge in [0.2, 0.25) is 5.91 Å². The van der Waals surface area contributed by atoms with E-state index in [4.69, 9.17) is 0 Å². The van der Waals surface area contributed by atoms with Crippen molar-refractivity contribution in [3.05, 3.63) is 68.4 Å². The molecular weight excluding hydrogens is 503 g/mol. The van der Waals surface area contributed by atoms with Gasteiger partial charge in [0.05, 0.1) is 24.3 Å². The van der Waals surface area contributed by atoms with Crippen LogP contribution in [-0.2, 0) is 16.9 Å². The molecule has 3 aromatic heterocycles. The number of halogens is 1. The van der Waals surface area contributed by atoms with E-state index in [2.05, 4.69) is 15.5 Å². The van der Waals surface area contributed by atoms with Gasteiger partial charge in [-0.25, -0.2) is 13.8 Å². The highest BCUT2D eigenvalue weighted by Gasteiger charge is 2.36. The fourth-order valence-electron chi connectivity index (χ4n) is 4.10. The SMILES string of the molecule is Cc1c(-n2nccn2)sc2c1c(=O)n(C(C)(C)C(=O)NC(C)C)c(=O)n2C[C@H](O)c1cc(F)ccc1O. The van der Waals surface area contributed by atoms with E-state index < -0.39 is 41.2 Å². The third-order valence-electron chi connectivity index (χ3n) is 6.03. The van der Waals surface area contributed by atoms with Crippen LogP contribution in [0.25, 0.3) is 15.2 Å². The summed E-state index contributed by atoms with van der Waals surface area (Å²) in [5.41, 5.74) is -2.78. The zero-order valence-electron chi connectivity index (χ0n) is 20.9. The molecular formula is C24H27FN6O5S. The lowest BCUT2D eigenvalue weighted by Crippen LogP contribution is -2.56. The van der Waals surface area contributed by atoms with Crippen molar-refractivity contribution in [1.29, 1.82) is 0 Å². The largest absolute Gasteiger partial charge is 0.508 e. The number of aliphatic hydroxyl groups is 1. The van der Waals surface area contributed by atoms with Gasteiger partial charge < -0.3 is 15.5 Å². The van der Waals surface area contributed by atoms with E-state index in [1.54, 1.807) is 20.8 Å². The van der Waals surface area contributed by atoms with E-state index in [0.717, 1.165) is 38.7 Å². The molecule has 196 valence electrons. The fraction of sp³-hybridized carbons (Fsp3) is 0.375. The van der Waals surface area contributed by atoms with Crippen molar-refractivity contribution in [3.63, 3.8) is 0 Å². The number of phenols is 1. The molecule has 0 bridgehead atoms. The number of rotatable bonds is 7. The van der Waals surface area contributed by atoms with Gasteiger partial charge in [0.15, 0.2) is 0 Å². The molecule has 0 saturated carbocycles. The van der Waals surface area contributed by atoms with E-state index in [9.17, 15) is 29.0 Å². The number of amides is 1. The molecule has 3 N–H and O–H groups in total. The number of aryl methyl sites for hydroxylation is 1. The van der Waals surface area contributed by atoms with Crippen molar-refractivity contribution >= 4 is 27.5 Å². The number of fused-ring (bicyclic) bond motifs is 1. The molecule has 0 aliphatic carbocycles. The average molecular weight is 531 g/mol. The van der Waals surface area contributed by atoms with E-state index in [1.807, 2.05) is 0 Å². The number of nitrogens with one attached hydrogen (secondary N) is 1. The van der Waals surface area contributed by atoms with Crippen LogP contribution in [0.15, 0.2) is 40.2 Å². The van der Waals surface area contributed by atoms with Gasteiger partial charge in [0.25, 0.3) is 5.56 Å². The molecule has 0 radical (unpaired) electrons. The van der Waals surface area contributed by atoms with Gasteiger partial charge in [-0.05, 0) is 52.8 Å². The van der Waals surface area contributed by atoms with Crippen molar-refractivity contribution in [1.82, 2.24) is 29.4 Å². The number of nitrogens with zero attached hydrogens (tertiary/aromatic N) is 5. The number of aliphatic hydroxyl groups excluding tert-OH is 1. The smallest absolute Gasteiger partial charge is 0.333 e. The Morgan fingerprint density at radius 3 is 2.49 bits per heavy atom. The van der Waals surface area contributed by atoms with Gasteiger partial charge in [-0.15, -0.1) is 4.80 Å². The quantitative estimate of drug-likeness (QED) is 0.331. The maximum atomic E-state index is 13.9. The predicted octanol–water partition coefficient (Wildman–Crippen LogP) is 1.95. The second kappa shape index (κ2) is 9.56. The molecule has 4 aromatic rings. The number of benzene rings is 1. The van der Waals surface area contributed by atoms with Crippen LogP contribution in [0.5, 0.6) is 5.75 Å².